The van der Waals surface area contributed by atoms with Crippen molar-refractivity contribution in [2.45, 2.75) is 26.2 Å². The number of amides is 2. The third kappa shape index (κ3) is 4.02. The molecule has 2 aromatic carbocycles. The van der Waals surface area contributed by atoms with Crippen LogP contribution in [0.3, 0.4) is 0 Å². The van der Waals surface area contributed by atoms with E-state index in [1.165, 1.54) is 4.90 Å². The summed E-state index contributed by atoms with van der Waals surface area (Å²) < 4.78 is 5.54. The third-order valence-electron chi connectivity index (χ3n) is 5.81. The highest BCUT2D eigenvalue weighted by molar-refractivity contribution is 6.45. The van der Waals surface area contributed by atoms with E-state index in [1.54, 1.807) is 0 Å². The van der Waals surface area contributed by atoms with Crippen LogP contribution in [0.25, 0.3) is 5.57 Å². The average Bonchev–Trinajstić information content (AvgIpc) is 3.05. The van der Waals surface area contributed by atoms with Crippen LogP contribution in [0, 0.1) is 0 Å². The van der Waals surface area contributed by atoms with Crippen LogP contribution in [0.15, 0.2) is 54.2 Å². The second-order valence-electron chi connectivity index (χ2n) is 8.09. The zero-order valence-electron chi connectivity index (χ0n) is 18.4. The van der Waals surface area contributed by atoms with Gasteiger partial charge in [-0.3, -0.25) is 9.59 Å². The summed E-state index contributed by atoms with van der Waals surface area (Å²) in [4.78, 5) is 32.5. The molecule has 0 bridgehead atoms. The van der Waals surface area contributed by atoms with Crippen molar-refractivity contribution in [2.75, 3.05) is 43.6 Å². The van der Waals surface area contributed by atoms with Crippen molar-refractivity contribution in [1.29, 1.82) is 0 Å². The van der Waals surface area contributed by atoms with E-state index in [0.717, 1.165) is 49.4 Å². The van der Waals surface area contributed by atoms with Crippen LogP contribution >= 0.6 is 0 Å². The number of ether oxygens (including phenoxy) is 1. The minimum atomic E-state index is -0.271. The summed E-state index contributed by atoms with van der Waals surface area (Å²) >= 11 is 0. The molecular weight excluding hydrogens is 390 g/mol. The number of imide groups is 1. The largest absolute Gasteiger partial charge is 0.494 e. The molecule has 4 rings (SSSR count). The number of carbonyl (C=O) groups excluding carboxylic acids is 2. The van der Waals surface area contributed by atoms with E-state index >= 15 is 0 Å². The lowest BCUT2D eigenvalue weighted by atomic mass is 10.0. The molecule has 0 aromatic heterocycles. The van der Waals surface area contributed by atoms with Crippen molar-refractivity contribution < 1.29 is 14.3 Å². The molecule has 2 aliphatic rings. The number of nitrogens with zero attached hydrogens (tertiary/aromatic N) is 3. The first kappa shape index (κ1) is 21.0. The lowest BCUT2D eigenvalue weighted by Crippen LogP contribution is -2.37. The number of carbonyl (C=O) groups is 2. The minimum Gasteiger partial charge on any atom is -0.494 e. The number of piperidine rings is 1. The predicted octanol–water partition coefficient (Wildman–Crippen LogP) is 3.92. The molecule has 2 heterocycles. The predicted molar refractivity (Wildman–Crippen MR) is 123 cm³/mol. The molecule has 6 heteroatoms. The fraction of sp³-hybridized carbons (Fsp3) is 0.360. The van der Waals surface area contributed by atoms with Crippen molar-refractivity contribution in [3.05, 3.63) is 59.8 Å². The molecule has 2 amide bonds. The van der Waals surface area contributed by atoms with Crippen LogP contribution in [0.4, 0.5) is 11.4 Å². The Morgan fingerprint density at radius 3 is 2.10 bits per heavy atom. The van der Waals surface area contributed by atoms with Gasteiger partial charge in [-0.15, -0.1) is 0 Å². The van der Waals surface area contributed by atoms with Crippen molar-refractivity contribution in [3.8, 4) is 5.75 Å². The van der Waals surface area contributed by atoms with Gasteiger partial charge in [-0.1, -0.05) is 12.1 Å². The van der Waals surface area contributed by atoms with Crippen LogP contribution in [0.1, 0.15) is 31.7 Å². The third-order valence-corrected chi connectivity index (χ3v) is 5.81. The zero-order chi connectivity index (χ0) is 22.0. The summed E-state index contributed by atoms with van der Waals surface area (Å²) in [6, 6.07) is 15.0. The molecular formula is C25H29N3O3. The van der Waals surface area contributed by atoms with E-state index in [1.807, 2.05) is 74.4 Å². The number of anilines is 2. The SMILES string of the molecule is CCOc1ccc(C2=C(N3CCCCC3)C(=O)N(c3ccc(N(C)C)cc3)C2=O)cc1. The summed E-state index contributed by atoms with van der Waals surface area (Å²) in [6.45, 7) is 4.10. The summed E-state index contributed by atoms with van der Waals surface area (Å²) in [7, 11) is 3.92. The second kappa shape index (κ2) is 8.84. The highest BCUT2D eigenvalue weighted by Gasteiger charge is 2.42. The van der Waals surface area contributed by atoms with E-state index in [4.69, 9.17) is 4.74 Å². The number of benzene rings is 2. The van der Waals surface area contributed by atoms with Crippen molar-refractivity contribution in [3.63, 3.8) is 0 Å². The van der Waals surface area contributed by atoms with Crippen molar-refractivity contribution in [2.24, 2.45) is 0 Å². The first-order valence-corrected chi connectivity index (χ1v) is 10.9. The van der Waals surface area contributed by atoms with Gasteiger partial charge in [0.1, 0.15) is 11.4 Å². The van der Waals surface area contributed by atoms with E-state index in [-0.39, 0.29) is 11.8 Å². The van der Waals surface area contributed by atoms with Crippen LogP contribution < -0.4 is 14.5 Å². The Bertz CT molecular complexity index is 988. The van der Waals surface area contributed by atoms with E-state index in [2.05, 4.69) is 4.90 Å². The monoisotopic (exact) mass is 419 g/mol. The van der Waals surface area contributed by atoms with Gasteiger partial charge in [-0.2, -0.15) is 0 Å². The van der Waals surface area contributed by atoms with Gasteiger partial charge in [0.05, 0.1) is 17.9 Å². The first-order chi connectivity index (χ1) is 15.0. The molecule has 1 fully saturated rings. The summed E-state index contributed by atoms with van der Waals surface area (Å²) in [5.74, 6) is 0.236. The molecule has 0 N–H and O–H groups in total. The highest BCUT2D eigenvalue weighted by atomic mass is 16.5. The molecule has 1 saturated heterocycles. The molecule has 0 radical (unpaired) electrons. The maximum absolute atomic E-state index is 13.6. The molecule has 0 saturated carbocycles. The van der Waals surface area contributed by atoms with Crippen LogP contribution in [0.5, 0.6) is 5.75 Å². The van der Waals surface area contributed by atoms with E-state index in [9.17, 15) is 9.59 Å². The molecule has 0 aliphatic carbocycles. The van der Waals surface area contributed by atoms with Gasteiger partial charge in [0.25, 0.3) is 11.8 Å². The number of hydrogen-bond donors (Lipinski definition) is 0. The number of likely N-dealkylation sites (tertiary alicyclic amines) is 1. The van der Waals surface area contributed by atoms with E-state index < -0.39 is 0 Å². The van der Waals surface area contributed by atoms with Gasteiger partial charge in [0.15, 0.2) is 0 Å². The van der Waals surface area contributed by atoms with Gasteiger partial charge in [-0.05, 0) is 68.1 Å². The highest BCUT2D eigenvalue weighted by Crippen LogP contribution is 2.36. The zero-order valence-corrected chi connectivity index (χ0v) is 18.4. The Hall–Kier alpha value is -3.28. The van der Waals surface area contributed by atoms with Gasteiger partial charge in [-0.25, -0.2) is 4.90 Å². The smallest absolute Gasteiger partial charge is 0.282 e. The Morgan fingerprint density at radius 2 is 1.52 bits per heavy atom. The Labute approximate surface area is 183 Å². The fourth-order valence-corrected chi connectivity index (χ4v) is 4.21. The van der Waals surface area contributed by atoms with Crippen molar-refractivity contribution in [1.82, 2.24) is 4.90 Å². The Balaban J connectivity index is 1.74. The maximum Gasteiger partial charge on any atom is 0.282 e. The number of hydrogen-bond acceptors (Lipinski definition) is 5. The topological polar surface area (TPSA) is 53.1 Å². The van der Waals surface area contributed by atoms with Gasteiger partial charge in [0, 0.05) is 32.9 Å². The van der Waals surface area contributed by atoms with Crippen LogP contribution in [-0.2, 0) is 9.59 Å². The molecule has 0 unspecified atom stereocenters. The normalized spacial score (nSPS) is 16.9. The fourth-order valence-electron chi connectivity index (χ4n) is 4.21. The summed E-state index contributed by atoms with van der Waals surface area (Å²) in [6.07, 6.45) is 3.21. The maximum atomic E-state index is 13.6. The second-order valence-corrected chi connectivity index (χ2v) is 8.09. The molecule has 31 heavy (non-hydrogen) atoms. The van der Waals surface area contributed by atoms with E-state index in [0.29, 0.717) is 23.6 Å². The molecule has 6 nitrogen and oxygen atoms in total. The molecule has 0 spiro atoms. The molecule has 2 aromatic rings. The standard InChI is InChI=1S/C25H29N3O3/c1-4-31-21-14-8-18(9-15-21)22-23(27-16-6-5-7-17-27)25(30)28(24(22)29)20-12-10-19(11-13-20)26(2)3/h8-15H,4-7,16-17H2,1-3H3. The Morgan fingerprint density at radius 1 is 0.871 bits per heavy atom. The van der Waals surface area contributed by atoms with Gasteiger partial charge in [0.2, 0.25) is 0 Å². The van der Waals surface area contributed by atoms with Crippen LogP contribution in [-0.4, -0.2) is 50.5 Å². The minimum absolute atomic E-state index is 0.242. The molecule has 2 aliphatic heterocycles. The van der Waals surface area contributed by atoms with Crippen molar-refractivity contribution >= 4 is 28.8 Å². The summed E-state index contributed by atoms with van der Waals surface area (Å²) in [5.41, 5.74) is 3.35. The molecule has 0 atom stereocenters. The first-order valence-electron chi connectivity index (χ1n) is 10.9. The average molecular weight is 420 g/mol. The quantitative estimate of drug-likeness (QED) is 0.665. The Kier molecular flexibility index (Phi) is 5.98. The molecule has 162 valence electrons. The lowest BCUT2D eigenvalue weighted by molar-refractivity contribution is -0.120. The lowest BCUT2D eigenvalue weighted by Gasteiger charge is -2.29. The summed E-state index contributed by atoms with van der Waals surface area (Å²) in [5, 5.41) is 0. The van der Waals surface area contributed by atoms with Crippen LogP contribution in [0.2, 0.25) is 0 Å². The van der Waals surface area contributed by atoms with Gasteiger partial charge < -0.3 is 14.5 Å². The number of rotatable bonds is 6. The van der Waals surface area contributed by atoms with Gasteiger partial charge >= 0.3 is 0 Å².